The van der Waals surface area contributed by atoms with Crippen LogP contribution in [0.3, 0.4) is 0 Å². The van der Waals surface area contributed by atoms with E-state index in [2.05, 4.69) is 5.32 Å². The Morgan fingerprint density at radius 1 is 0.923 bits per heavy atom. The Morgan fingerprint density at radius 3 is 2.03 bits per heavy atom. The van der Waals surface area contributed by atoms with E-state index in [1.165, 1.54) is 59.5 Å². The number of carbonyl (C=O) groups is 2. The molecule has 1 atom stereocenters. The second-order valence-corrected chi connectivity index (χ2v) is 12.2. The second-order valence-electron chi connectivity index (χ2n) is 9.44. The number of sulfonamides is 1. The molecule has 11 heteroatoms. The van der Waals surface area contributed by atoms with Gasteiger partial charge in [0.1, 0.15) is 18.4 Å². The van der Waals surface area contributed by atoms with Crippen molar-refractivity contribution in [3.8, 4) is 0 Å². The summed E-state index contributed by atoms with van der Waals surface area (Å²) in [6.07, 6.45) is 0. The third-order valence-electron chi connectivity index (χ3n) is 5.89. The van der Waals surface area contributed by atoms with Crippen LogP contribution >= 0.6 is 23.2 Å². The zero-order valence-corrected chi connectivity index (χ0v) is 24.3. The lowest BCUT2D eigenvalue weighted by atomic mass is 10.1. The highest BCUT2D eigenvalue weighted by molar-refractivity contribution is 7.92. The molecule has 0 radical (unpaired) electrons. The molecule has 0 unspecified atom stereocenters. The van der Waals surface area contributed by atoms with Crippen molar-refractivity contribution in [1.82, 2.24) is 10.2 Å². The zero-order chi connectivity index (χ0) is 28.9. The van der Waals surface area contributed by atoms with E-state index in [1.54, 1.807) is 32.9 Å². The molecule has 0 aliphatic carbocycles. The maximum Gasteiger partial charge on any atom is 0.264 e. The molecule has 0 saturated carbocycles. The van der Waals surface area contributed by atoms with Crippen molar-refractivity contribution in [2.75, 3.05) is 10.8 Å². The van der Waals surface area contributed by atoms with Crippen LogP contribution in [-0.4, -0.2) is 43.8 Å². The molecule has 0 saturated heterocycles. The first-order valence-corrected chi connectivity index (χ1v) is 14.4. The summed E-state index contributed by atoms with van der Waals surface area (Å²) in [5, 5.41) is 3.14. The third-order valence-corrected chi connectivity index (χ3v) is 8.11. The molecular formula is C28H30Cl2FN3O4S. The third kappa shape index (κ3) is 7.94. The smallest absolute Gasteiger partial charge is 0.264 e. The minimum absolute atomic E-state index is 0.0346. The van der Waals surface area contributed by atoms with Crippen LogP contribution in [0.4, 0.5) is 10.1 Å². The minimum Gasteiger partial charge on any atom is -0.352 e. The summed E-state index contributed by atoms with van der Waals surface area (Å²) in [6.45, 7) is 6.25. The monoisotopic (exact) mass is 593 g/mol. The number of aryl methyl sites for hydroxylation is 1. The molecule has 3 aromatic carbocycles. The van der Waals surface area contributed by atoms with Crippen molar-refractivity contribution in [2.24, 2.45) is 0 Å². The molecule has 0 aliphatic rings. The zero-order valence-electron chi connectivity index (χ0n) is 22.0. The maximum atomic E-state index is 13.8. The number of benzene rings is 3. The molecule has 0 bridgehead atoms. The van der Waals surface area contributed by atoms with Gasteiger partial charge in [-0.1, -0.05) is 53.0 Å². The van der Waals surface area contributed by atoms with Crippen molar-refractivity contribution < 1.29 is 22.4 Å². The van der Waals surface area contributed by atoms with Gasteiger partial charge >= 0.3 is 0 Å². The molecule has 0 aliphatic heterocycles. The van der Waals surface area contributed by atoms with Gasteiger partial charge in [-0.25, -0.2) is 12.8 Å². The molecule has 3 rings (SSSR count). The van der Waals surface area contributed by atoms with Crippen molar-refractivity contribution in [3.63, 3.8) is 0 Å². The van der Waals surface area contributed by atoms with Gasteiger partial charge in [0.15, 0.2) is 0 Å². The molecule has 0 heterocycles. The van der Waals surface area contributed by atoms with E-state index in [0.717, 1.165) is 9.87 Å². The highest BCUT2D eigenvalue weighted by Crippen LogP contribution is 2.30. The highest BCUT2D eigenvalue weighted by Gasteiger charge is 2.33. The van der Waals surface area contributed by atoms with Crippen LogP contribution in [0.25, 0.3) is 0 Å². The molecule has 3 aromatic rings. The van der Waals surface area contributed by atoms with Crippen LogP contribution in [0.5, 0.6) is 0 Å². The Kier molecular flexibility index (Phi) is 9.98. The summed E-state index contributed by atoms with van der Waals surface area (Å²) in [4.78, 5) is 28.0. The van der Waals surface area contributed by atoms with Crippen LogP contribution in [0.15, 0.2) is 71.6 Å². The molecule has 7 nitrogen and oxygen atoms in total. The molecule has 0 spiro atoms. The SMILES string of the molecule is Cc1ccc(S(=O)(=O)N(CC(=O)N(Cc2ccc(F)cc2)[C@@H](C)C(=O)NC(C)C)c2cc(Cl)cc(Cl)c2)cc1. The van der Waals surface area contributed by atoms with Gasteiger partial charge in [0, 0.05) is 22.6 Å². The van der Waals surface area contributed by atoms with E-state index >= 15 is 0 Å². The highest BCUT2D eigenvalue weighted by atomic mass is 35.5. The van der Waals surface area contributed by atoms with E-state index in [0.29, 0.717) is 5.56 Å². The predicted molar refractivity (Wildman–Crippen MR) is 152 cm³/mol. The minimum atomic E-state index is -4.26. The maximum absolute atomic E-state index is 13.8. The quantitative estimate of drug-likeness (QED) is 0.332. The second kappa shape index (κ2) is 12.8. The number of nitrogens with zero attached hydrogens (tertiary/aromatic N) is 2. The Morgan fingerprint density at radius 2 is 1.49 bits per heavy atom. The number of anilines is 1. The fourth-order valence-electron chi connectivity index (χ4n) is 3.82. The van der Waals surface area contributed by atoms with Gasteiger partial charge in [-0.15, -0.1) is 0 Å². The largest absolute Gasteiger partial charge is 0.352 e. The summed E-state index contributed by atoms with van der Waals surface area (Å²) in [6, 6.07) is 14.8. The summed E-state index contributed by atoms with van der Waals surface area (Å²) in [5.74, 6) is -1.52. The summed E-state index contributed by atoms with van der Waals surface area (Å²) in [5.41, 5.74) is 1.51. The first-order valence-electron chi connectivity index (χ1n) is 12.2. The van der Waals surface area contributed by atoms with Gasteiger partial charge in [-0.05, 0) is 75.7 Å². The standard InChI is InChI=1S/C28H30Cl2FN3O4S/c1-18(2)32-28(36)20(4)33(16-21-7-9-24(31)10-8-21)27(35)17-34(25-14-22(29)13-23(30)15-25)39(37,38)26-11-5-19(3)6-12-26/h5-15,18,20H,16-17H2,1-4H3,(H,32,36)/t20-/m0/s1. The van der Waals surface area contributed by atoms with Gasteiger partial charge in [0.05, 0.1) is 10.6 Å². The lowest BCUT2D eigenvalue weighted by Crippen LogP contribution is -2.52. The predicted octanol–water partition coefficient (Wildman–Crippen LogP) is 5.58. The average molecular weight is 595 g/mol. The van der Waals surface area contributed by atoms with Crippen LogP contribution in [0.1, 0.15) is 31.9 Å². The van der Waals surface area contributed by atoms with Crippen molar-refractivity contribution in [3.05, 3.63) is 93.7 Å². The number of rotatable bonds is 10. The Bertz CT molecular complexity index is 1410. The van der Waals surface area contributed by atoms with E-state index in [9.17, 15) is 22.4 Å². The number of carbonyl (C=O) groups excluding carboxylic acids is 2. The normalized spacial score (nSPS) is 12.2. The number of hydrogen-bond acceptors (Lipinski definition) is 4. The fraction of sp³-hybridized carbons (Fsp3) is 0.286. The number of amides is 2. The number of nitrogens with one attached hydrogen (secondary N) is 1. The molecule has 0 aromatic heterocycles. The first-order chi connectivity index (χ1) is 18.3. The van der Waals surface area contributed by atoms with Crippen LogP contribution in [-0.2, 0) is 26.2 Å². The van der Waals surface area contributed by atoms with Gasteiger partial charge in [-0.3, -0.25) is 13.9 Å². The molecule has 0 fully saturated rings. The van der Waals surface area contributed by atoms with E-state index < -0.39 is 40.2 Å². The summed E-state index contributed by atoms with van der Waals surface area (Å²) < 4.78 is 42.1. The molecule has 39 heavy (non-hydrogen) atoms. The van der Waals surface area contributed by atoms with Crippen molar-refractivity contribution in [1.29, 1.82) is 0 Å². The van der Waals surface area contributed by atoms with Crippen molar-refractivity contribution >= 4 is 50.7 Å². The molecule has 2 amide bonds. The summed E-state index contributed by atoms with van der Waals surface area (Å²) in [7, 11) is -4.26. The Labute approximate surface area is 238 Å². The molecule has 1 N–H and O–H groups in total. The van der Waals surface area contributed by atoms with Gasteiger partial charge in [0.2, 0.25) is 11.8 Å². The average Bonchev–Trinajstić information content (AvgIpc) is 2.85. The molecule has 208 valence electrons. The van der Waals surface area contributed by atoms with E-state index in [-0.39, 0.29) is 33.2 Å². The summed E-state index contributed by atoms with van der Waals surface area (Å²) >= 11 is 12.4. The Balaban J connectivity index is 2.06. The fourth-order valence-corrected chi connectivity index (χ4v) is 5.74. The van der Waals surface area contributed by atoms with Gasteiger partial charge < -0.3 is 10.2 Å². The van der Waals surface area contributed by atoms with Gasteiger partial charge in [-0.2, -0.15) is 0 Å². The van der Waals surface area contributed by atoms with E-state index in [4.69, 9.17) is 23.2 Å². The lowest BCUT2D eigenvalue weighted by molar-refractivity contribution is -0.139. The first kappa shape index (κ1) is 30.4. The molecular weight excluding hydrogens is 564 g/mol. The van der Waals surface area contributed by atoms with Crippen LogP contribution < -0.4 is 9.62 Å². The number of hydrogen-bond donors (Lipinski definition) is 1. The topological polar surface area (TPSA) is 86.8 Å². The van der Waals surface area contributed by atoms with Crippen molar-refractivity contribution in [2.45, 2.75) is 51.2 Å². The number of halogens is 3. The Hall–Kier alpha value is -3.14. The van der Waals surface area contributed by atoms with Crippen LogP contribution in [0.2, 0.25) is 10.0 Å². The van der Waals surface area contributed by atoms with E-state index in [1.807, 2.05) is 6.92 Å². The van der Waals surface area contributed by atoms with Gasteiger partial charge in [0.25, 0.3) is 10.0 Å². The van der Waals surface area contributed by atoms with Crippen LogP contribution in [0, 0.1) is 12.7 Å². The lowest BCUT2D eigenvalue weighted by Gasteiger charge is -2.32.